The molecule has 1 atom stereocenters. The van der Waals surface area contributed by atoms with Crippen molar-refractivity contribution in [3.8, 4) is 0 Å². The third-order valence-corrected chi connectivity index (χ3v) is 4.72. The zero-order valence-electron chi connectivity index (χ0n) is 15.1. The smallest absolute Gasteiger partial charge is 0.308 e. The topological polar surface area (TPSA) is 84.5 Å². The van der Waals surface area contributed by atoms with Crippen LogP contribution < -0.4 is 10.6 Å². The van der Waals surface area contributed by atoms with Crippen molar-refractivity contribution >= 4 is 69.9 Å². The van der Waals surface area contributed by atoms with Crippen molar-refractivity contribution in [3.63, 3.8) is 0 Å². The van der Waals surface area contributed by atoms with Crippen molar-refractivity contribution in [2.45, 2.75) is 19.4 Å². The molecule has 2 aromatic rings. The molecule has 0 spiro atoms. The van der Waals surface area contributed by atoms with E-state index in [0.717, 1.165) is 0 Å². The third kappa shape index (κ3) is 7.40. The first-order valence-electron chi connectivity index (χ1n) is 8.28. The minimum absolute atomic E-state index is 0.149. The lowest BCUT2D eigenvalue weighted by molar-refractivity contribution is -0.148. The molecule has 0 aliphatic carbocycles. The second-order valence-electron chi connectivity index (χ2n) is 5.96. The largest absolute Gasteiger partial charge is 0.455 e. The number of benzene rings is 2. The average Bonchev–Trinajstić information content (AvgIpc) is 2.62. The molecule has 0 radical (unpaired) electrons. The number of carbonyl (C=O) groups excluding carboxylic acids is 3. The zero-order chi connectivity index (χ0) is 21.6. The molecule has 0 saturated carbocycles. The normalized spacial score (nSPS) is 11.5. The second kappa shape index (κ2) is 10.7. The van der Waals surface area contributed by atoms with E-state index in [-0.39, 0.29) is 28.1 Å². The van der Waals surface area contributed by atoms with Gasteiger partial charge in [-0.15, -0.1) is 0 Å². The molecule has 2 aromatic carbocycles. The maximum atomic E-state index is 12.2. The van der Waals surface area contributed by atoms with Crippen LogP contribution in [-0.2, 0) is 19.1 Å². The Bertz CT molecular complexity index is 896. The lowest BCUT2D eigenvalue weighted by Gasteiger charge is -2.18. The van der Waals surface area contributed by atoms with Gasteiger partial charge >= 0.3 is 5.97 Å². The van der Waals surface area contributed by atoms with Crippen LogP contribution >= 0.6 is 46.4 Å². The van der Waals surface area contributed by atoms with Gasteiger partial charge in [-0.2, -0.15) is 0 Å². The van der Waals surface area contributed by atoms with Gasteiger partial charge < -0.3 is 15.4 Å². The summed E-state index contributed by atoms with van der Waals surface area (Å²) in [6.07, 6.45) is -0.170. The molecule has 0 bridgehead atoms. The molecule has 0 heterocycles. The first kappa shape index (κ1) is 23.3. The van der Waals surface area contributed by atoms with Crippen LogP contribution in [0.1, 0.15) is 24.9 Å². The quantitative estimate of drug-likeness (QED) is 0.546. The Morgan fingerprint density at radius 3 is 2.10 bits per heavy atom. The molecule has 0 aliphatic heterocycles. The summed E-state index contributed by atoms with van der Waals surface area (Å²) in [6.45, 7) is 0.781. The van der Waals surface area contributed by atoms with Crippen molar-refractivity contribution in [2.75, 3.05) is 11.9 Å². The third-order valence-electron chi connectivity index (χ3n) is 3.66. The fourth-order valence-corrected chi connectivity index (χ4v) is 3.44. The minimum atomic E-state index is -0.679. The van der Waals surface area contributed by atoms with Crippen molar-refractivity contribution in [2.24, 2.45) is 0 Å². The number of amides is 2. The summed E-state index contributed by atoms with van der Waals surface area (Å²) in [4.78, 5) is 35.7. The number of rotatable bonds is 7. The van der Waals surface area contributed by atoms with Gasteiger partial charge in [0.15, 0.2) is 6.61 Å². The highest BCUT2D eigenvalue weighted by Gasteiger charge is 2.19. The van der Waals surface area contributed by atoms with Crippen LogP contribution in [0.3, 0.4) is 0 Å². The van der Waals surface area contributed by atoms with Crippen LogP contribution in [0, 0.1) is 0 Å². The number of halogens is 4. The molecule has 2 rings (SSSR count). The highest BCUT2D eigenvalue weighted by molar-refractivity contribution is 6.42. The highest BCUT2D eigenvalue weighted by atomic mass is 35.5. The van der Waals surface area contributed by atoms with Gasteiger partial charge in [-0.1, -0.05) is 58.5 Å². The highest BCUT2D eigenvalue weighted by Crippen LogP contribution is 2.33. The minimum Gasteiger partial charge on any atom is -0.455 e. The second-order valence-corrected chi connectivity index (χ2v) is 7.65. The first-order valence-corrected chi connectivity index (χ1v) is 9.79. The first-order chi connectivity index (χ1) is 13.7. The zero-order valence-corrected chi connectivity index (χ0v) is 18.1. The Labute approximate surface area is 187 Å². The molecule has 0 aliphatic rings. The molecule has 2 amide bonds. The fourth-order valence-electron chi connectivity index (χ4n) is 2.40. The number of esters is 1. The van der Waals surface area contributed by atoms with E-state index < -0.39 is 24.5 Å². The van der Waals surface area contributed by atoms with Crippen LogP contribution in [0.2, 0.25) is 20.1 Å². The number of anilines is 1. The van der Waals surface area contributed by atoms with Gasteiger partial charge in [0.05, 0.1) is 28.2 Å². The van der Waals surface area contributed by atoms with E-state index in [2.05, 4.69) is 10.6 Å². The molecule has 0 aromatic heterocycles. The molecule has 1 unspecified atom stereocenters. The Morgan fingerprint density at radius 2 is 1.55 bits per heavy atom. The molecule has 6 nitrogen and oxygen atoms in total. The molecule has 2 N–H and O–H groups in total. The fraction of sp³-hybridized carbons (Fsp3) is 0.211. The average molecular weight is 478 g/mol. The van der Waals surface area contributed by atoms with Crippen molar-refractivity contribution in [1.82, 2.24) is 5.32 Å². The number of hydrogen-bond donors (Lipinski definition) is 2. The van der Waals surface area contributed by atoms with E-state index in [1.165, 1.54) is 19.1 Å². The van der Waals surface area contributed by atoms with Gasteiger partial charge in [-0.05, 0) is 29.8 Å². The lowest BCUT2D eigenvalue weighted by Crippen LogP contribution is -2.29. The summed E-state index contributed by atoms with van der Waals surface area (Å²) in [5.41, 5.74) is 0.835. The number of ether oxygens (including phenoxy) is 1. The Balaban J connectivity index is 1.95. The predicted octanol–water partition coefficient (Wildman–Crippen LogP) is 5.05. The number of carbonyl (C=O) groups is 3. The van der Waals surface area contributed by atoms with Crippen LogP contribution in [0.4, 0.5) is 5.69 Å². The van der Waals surface area contributed by atoms with E-state index in [1.54, 1.807) is 24.3 Å². The van der Waals surface area contributed by atoms with Gasteiger partial charge in [0.25, 0.3) is 5.91 Å². The van der Waals surface area contributed by atoms with Crippen molar-refractivity contribution in [1.29, 1.82) is 0 Å². The van der Waals surface area contributed by atoms with Gasteiger partial charge in [-0.3, -0.25) is 14.4 Å². The van der Waals surface area contributed by atoms with Crippen molar-refractivity contribution in [3.05, 3.63) is 62.1 Å². The monoisotopic (exact) mass is 476 g/mol. The summed E-state index contributed by atoms with van der Waals surface area (Å²) >= 11 is 23.7. The molecule has 10 heteroatoms. The Morgan fingerprint density at radius 1 is 0.966 bits per heavy atom. The SMILES string of the molecule is CC(=O)NC(CC(=O)OCC(=O)Nc1c(Cl)cc(Cl)cc1Cl)c1ccc(Cl)cc1. The lowest BCUT2D eigenvalue weighted by atomic mass is 10.0. The maximum absolute atomic E-state index is 12.2. The summed E-state index contributed by atoms with van der Waals surface area (Å²) in [7, 11) is 0. The number of hydrogen-bond acceptors (Lipinski definition) is 4. The maximum Gasteiger partial charge on any atom is 0.308 e. The van der Waals surface area contributed by atoms with Gasteiger partial charge in [-0.25, -0.2) is 0 Å². The van der Waals surface area contributed by atoms with Crippen molar-refractivity contribution < 1.29 is 19.1 Å². The Kier molecular flexibility index (Phi) is 8.59. The number of nitrogens with one attached hydrogen (secondary N) is 2. The van der Waals surface area contributed by atoms with Gasteiger partial charge in [0, 0.05) is 17.0 Å². The van der Waals surface area contributed by atoms with Gasteiger partial charge in [0.1, 0.15) is 0 Å². The molecule has 29 heavy (non-hydrogen) atoms. The van der Waals surface area contributed by atoms with E-state index in [4.69, 9.17) is 51.1 Å². The molecular weight excluding hydrogens is 462 g/mol. The molecule has 154 valence electrons. The van der Waals surface area contributed by atoms with E-state index in [9.17, 15) is 14.4 Å². The standard InChI is InChI=1S/C19H16Cl4N2O4/c1-10(26)24-16(11-2-4-12(20)5-3-11)8-18(28)29-9-17(27)25-19-14(22)6-13(21)7-15(19)23/h2-7,16H,8-9H2,1H3,(H,24,26)(H,25,27). The van der Waals surface area contributed by atoms with E-state index >= 15 is 0 Å². The van der Waals surface area contributed by atoms with Crippen LogP contribution in [0.5, 0.6) is 0 Å². The van der Waals surface area contributed by atoms with E-state index in [0.29, 0.717) is 15.6 Å². The van der Waals surface area contributed by atoms with Gasteiger partial charge in [0.2, 0.25) is 5.91 Å². The summed E-state index contributed by atoms with van der Waals surface area (Å²) in [5.74, 6) is -1.63. The molecule has 0 saturated heterocycles. The van der Waals surface area contributed by atoms with Crippen LogP contribution in [0.15, 0.2) is 36.4 Å². The van der Waals surface area contributed by atoms with Crippen LogP contribution in [0.25, 0.3) is 0 Å². The molecule has 0 fully saturated rings. The van der Waals surface area contributed by atoms with E-state index in [1.807, 2.05) is 0 Å². The van der Waals surface area contributed by atoms with Crippen LogP contribution in [-0.4, -0.2) is 24.4 Å². The Hall–Kier alpha value is -1.99. The molecular formula is C19H16Cl4N2O4. The summed E-state index contributed by atoms with van der Waals surface area (Å²) < 4.78 is 5.00. The summed E-state index contributed by atoms with van der Waals surface area (Å²) in [6, 6.07) is 8.87. The summed E-state index contributed by atoms with van der Waals surface area (Å²) in [5, 5.41) is 6.26. The predicted molar refractivity (Wildman–Crippen MR) is 114 cm³/mol.